The molecular formula is C15H24N4. The molecule has 2 N–H and O–H groups in total. The van der Waals surface area contributed by atoms with Crippen molar-refractivity contribution in [2.75, 3.05) is 32.7 Å². The molecule has 104 valence electrons. The predicted octanol–water partition coefficient (Wildman–Crippen LogP) is 1.17. The van der Waals surface area contributed by atoms with Gasteiger partial charge in [0.15, 0.2) is 0 Å². The van der Waals surface area contributed by atoms with Gasteiger partial charge in [-0.15, -0.1) is 0 Å². The maximum atomic E-state index is 6.00. The minimum atomic E-state index is 0.328. The molecule has 2 heterocycles. The Balaban J connectivity index is 1.64. The molecule has 1 saturated heterocycles. The molecule has 1 saturated carbocycles. The number of hydrogen-bond donors (Lipinski definition) is 1. The van der Waals surface area contributed by atoms with E-state index in [1.165, 1.54) is 31.5 Å². The van der Waals surface area contributed by atoms with Crippen molar-refractivity contribution in [3.05, 3.63) is 29.6 Å². The Kier molecular flexibility index (Phi) is 3.82. The number of rotatable bonds is 4. The molecule has 1 aliphatic carbocycles. The fraction of sp³-hybridized carbons (Fsp3) is 0.667. The van der Waals surface area contributed by atoms with Crippen molar-refractivity contribution in [1.82, 2.24) is 14.8 Å². The van der Waals surface area contributed by atoms with Crippen LogP contribution >= 0.6 is 0 Å². The molecule has 2 fully saturated rings. The molecule has 4 heteroatoms. The predicted molar refractivity (Wildman–Crippen MR) is 76.9 cm³/mol. The Morgan fingerprint density at radius 3 is 2.53 bits per heavy atom. The molecule has 0 amide bonds. The molecule has 1 unspecified atom stereocenters. The van der Waals surface area contributed by atoms with E-state index in [9.17, 15) is 0 Å². The van der Waals surface area contributed by atoms with Crippen LogP contribution in [0.3, 0.4) is 0 Å². The van der Waals surface area contributed by atoms with Crippen LogP contribution in [0.25, 0.3) is 0 Å². The normalized spacial score (nSPS) is 23.5. The molecule has 2 aliphatic rings. The number of nitrogens with zero attached hydrogens (tertiary/aromatic N) is 3. The van der Waals surface area contributed by atoms with Crippen molar-refractivity contribution in [3.63, 3.8) is 0 Å². The first-order valence-corrected chi connectivity index (χ1v) is 7.38. The lowest BCUT2D eigenvalue weighted by molar-refractivity contribution is 0.0937. The summed E-state index contributed by atoms with van der Waals surface area (Å²) in [6.07, 6.45) is 4.80. The van der Waals surface area contributed by atoms with E-state index in [0.717, 1.165) is 24.8 Å². The summed E-state index contributed by atoms with van der Waals surface area (Å²) in [5, 5.41) is 0. The molecule has 0 aromatic carbocycles. The van der Waals surface area contributed by atoms with Gasteiger partial charge in [-0.25, -0.2) is 0 Å². The van der Waals surface area contributed by atoms with Gasteiger partial charge in [-0.3, -0.25) is 14.8 Å². The monoisotopic (exact) mass is 260 g/mol. The fourth-order valence-corrected chi connectivity index (χ4v) is 3.03. The van der Waals surface area contributed by atoms with Gasteiger partial charge < -0.3 is 5.73 Å². The summed E-state index contributed by atoms with van der Waals surface area (Å²) in [4.78, 5) is 9.56. The number of hydrogen-bond acceptors (Lipinski definition) is 4. The van der Waals surface area contributed by atoms with Crippen LogP contribution in [-0.4, -0.2) is 53.5 Å². The van der Waals surface area contributed by atoms with Crippen LogP contribution in [0.15, 0.2) is 18.3 Å². The Bertz CT molecular complexity index is 405. The van der Waals surface area contributed by atoms with E-state index in [-0.39, 0.29) is 0 Å². The lowest BCUT2D eigenvalue weighted by Crippen LogP contribution is -2.49. The highest BCUT2D eigenvalue weighted by Gasteiger charge is 2.32. The number of aryl methyl sites for hydroxylation is 1. The van der Waals surface area contributed by atoms with Crippen LogP contribution in [-0.2, 0) is 0 Å². The first-order chi connectivity index (χ1) is 9.28. The second kappa shape index (κ2) is 5.57. The summed E-state index contributed by atoms with van der Waals surface area (Å²) >= 11 is 0. The van der Waals surface area contributed by atoms with Crippen molar-refractivity contribution in [1.29, 1.82) is 0 Å². The van der Waals surface area contributed by atoms with Crippen molar-refractivity contribution >= 4 is 0 Å². The maximum absolute atomic E-state index is 6.00. The zero-order valence-electron chi connectivity index (χ0n) is 11.8. The summed E-state index contributed by atoms with van der Waals surface area (Å²) in [6, 6.07) is 5.47. The third-order valence-electron chi connectivity index (χ3n) is 4.40. The van der Waals surface area contributed by atoms with Gasteiger partial charge in [0.2, 0.25) is 0 Å². The van der Waals surface area contributed by atoms with Crippen LogP contribution in [0, 0.1) is 6.92 Å². The van der Waals surface area contributed by atoms with Crippen molar-refractivity contribution in [3.8, 4) is 0 Å². The van der Waals surface area contributed by atoms with E-state index < -0.39 is 0 Å². The van der Waals surface area contributed by atoms with Gasteiger partial charge in [-0.2, -0.15) is 0 Å². The van der Waals surface area contributed by atoms with Crippen LogP contribution in [0.2, 0.25) is 0 Å². The molecule has 0 spiro atoms. The van der Waals surface area contributed by atoms with Gasteiger partial charge in [-0.05, 0) is 31.4 Å². The largest absolute Gasteiger partial charge is 0.329 e. The molecule has 1 aromatic rings. The number of pyridine rings is 1. The second-order valence-electron chi connectivity index (χ2n) is 5.79. The minimum absolute atomic E-state index is 0.328. The van der Waals surface area contributed by atoms with E-state index in [0.29, 0.717) is 12.6 Å². The lowest BCUT2D eigenvalue weighted by atomic mass is 10.1. The zero-order chi connectivity index (χ0) is 13.2. The summed E-state index contributed by atoms with van der Waals surface area (Å²) in [7, 11) is 0. The highest BCUT2D eigenvalue weighted by Crippen LogP contribution is 2.29. The number of aromatic nitrogens is 1. The molecule has 19 heavy (non-hydrogen) atoms. The highest BCUT2D eigenvalue weighted by atomic mass is 15.3. The van der Waals surface area contributed by atoms with Gasteiger partial charge in [-0.1, -0.05) is 6.07 Å². The van der Waals surface area contributed by atoms with Gasteiger partial charge in [0, 0.05) is 56.7 Å². The van der Waals surface area contributed by atoms with E-state index in [2.05, 4.69) is 26.9 Å². The SMILES string of the molecule is Cc1ccc(C(CN)N2CCN(C3CC3)CC2)cn1. The number of nitrogens with two attached hydrogens (primary N) is 1. The first kappa shape index (κ1) is 13.0. The van der Waals surface area contributed by atoms with Crippen molar-refractivity contribution in [2.24, 2.45) is 5.73 Å². The Labute approximate surface area is 115 Å². The summed E-state index contributed by atoms with van der Waals surface area (Å²) < 4.78 is 0. The van der Waals surface area contributed by atoms with Crippen LogP contribution in [0.1, 0.15) is 30.1 Å². The third-order valence-corrected chi connectivity index (χ3v) is 4.40. The number of piperazine rings is 1. The molecule has 4 nitrogen and oxygen atoms in total. The van der Waals surface area contributed by atoms with E-state index in [4.69, 9.17) is 5.73 Å². The molecule has 0 bridgehead atoms. The minimum Gasteiger partial charge on any atom is -0.329 e. The average molecular weight is 260 g/mol. The average Bonchev–Trinajstić information content (AvgIpc) is 3.27. The van der Waals surface area contributed by atoms with Crippen molar-refractivity contribution < 1.29 is 0 Å². The molecule has 0 radical (unpaired) electrons. The highest BCUT2D eigenvalue weighted by molar-refractivity contribution is 5.18. The Morgan fingerprint density at radius 2 is 2.00 bits per heavy atom. The van der Waals surface area contributed by atoms with E-state index in [1.54, 1.807) is 0 Å². The quantitative estimate of drug-likeness (QED) is 0.883. The first-order valence-electron chi connectivity index (χ1n) is 7.38. The van der Waals surface area contributed by atoms with Crippen LogP contribution < -0.4 is 5.73 Å². The van der Waals surface area contributed by atoms with Crippen LogP contribution in [0.4, 0.5) is 0 Å². The van der Waals surface area contributed by atoms with Crippen LogP contribution in [0.5, 0.6) is 0 Å². The maximum Gasteiger partial charge on any atom is 0.0486 e. The summed E-state index contributed by atoms with van der Waals surface area (Å²) in [6.45, 7) is 7.35. The van der Waals surface area contributed by atoms with E-state index >= 15 is 0 Å². The van der Waals surface area contributed by atoms with Gasteiger partial charge in [0.05, 0.1) is 0 Å². The second-order valence-corrected chi connectivity index (χ2v) is 5.79. The lowest BCUT2D eigenvalue weighted by Gasteiger charge is -2.39. The third kappa shape index (κ3) is 2.96. The Morgan fingerprint density at radius 1 is 1.26 bits per heavy atom. The molecule has 1 aliphatic heterocycles. The standard InChI is InChI=1S/C15H24N4/c1-12-2-3-13(11-17-12)15(10-16)19-8-6-18(7-9-19)14-4-5-14/h2-3,11,14-15H,4-10,16H2,1H3. The Hall–Kier alpha value is -0.970. The summed E-state index contributed by atoms with van der Waals surface area (Å²) in [5.74, 6) is 0. The molecular weight excluding hydrogens is 236 g/mol. The molecule has 3 rings (SSSR count). The van der Waals surface area contributed by atoms with Crippen molar-refractivity contribution in [2.45, 2.75) is 31.8 Å². The topological polar surface area (TPSA) is 45.4 Å². The molecule has 1 aromatic heterocycles. The van der Waals surface area contributed by atoms with Gasteiger partial charge >= 0.3 is 0 Å². The zero-order valence-corrected chi connectivity index (χ0v) is 11.8. The van der Waals surface area contributed by atoms with E-state index in [1.807, 2.05) is 13.1 Å². The van der Waals surface area contributed by atoms with Gasteiger partial charge in [0.1, 0.15) is 0 Å². The fourth-order valence-electron chi connectivity index (χ4n) is 3.03. The summed E-state index contributed by atoms with van der Waals surface area (Å²) in [5.41, 5.74) is 8.32. The molecule has 1 atom stereocenters. The smallest absolute Gasteiger partial charge is 0.0486 e. The van der Waals surface area contributed by atoms with Gasteiger partial charge in [0.25, 0.3) is 0 Å².